The van der Waals surface area contributed by atoms with E-state index in [0.29, 0.717) is 13.2 Å². The summed E-state index contributed by atoms with van der Waals surface area (Å²) in [6.07, 6.45) is 1.07. The number of hydrogen-bond donors (Lipinski definition) is 1. The van der Waals surface area contributed by atoms with E-state index in [2.05, 4.69) is 17.2 Å². The molecule has 4 nitrogen and oxygen atoms in total. The molecule has 1 aromatic heterocycles. The fourth-order valence-electron chi connectivity index (χ4n) is 1.72. The summed E-state index contributed by atoms with van der Waals surface area (Å²) in [4.78, 5) is 4.55. The smallest absolute Gasteiger partial charge is 0.142 e. The zero-order valence-corrected chi connectivity index (χ0v) is 13.6. The van der Waals surface area contributed by atoms with E-state index in [1.165, 1.54) is 5.75 Å². The summed E-state index contributed by atoms with van der Waals surface area (Å²) in [6.45, 7) is 7.17. The standard InChI is InChI=1S/C15H26N2O2S/c1-4-20-11-5-9-19-15-7-6-13(2)17-14(15)12-16-8-10-18-3/h6-7,16H,4-5,8-12H2,1-3H3. The minimum Gasteiger partial charge on any atom is -0.492 e. The van der Waals surface area contributed by atoms with Gasteiger partial charge in [0.2, 0.25) is 0 Å². The first-order chi connectivity index (χ1) is 9.77. The molecule has 114 valence electrons. The molecule has 0 unspecified atom stereocenters. The Morgan fingerprint density at radius 3 is 2.90 bits per heavy atom. The van der Waals surface area contributed by atoms with Crippen LogP contribution in [0, 0.1) is 6.92 Å². The molecule has 0 fully saturated rings. The van der Waals surface area contributed by atoms with Gasteiger partial charge in [0.05, 0.1) is 18.9 Å². The summed E-state index contributed by atoms with van der Waals surface area (Å²) in [5.74, 6) is 3.21. The van der Waals surface area contributed by atoms with Gasteiger partial charge in [-0.2, -0.15) is 11.8 Å². The fraction of sp³-hybridized carbons (Fsp3) is 0.667. The lowest BCUT2D eigenvalue weighted by Gasteiger charge is -2.12. The summed E-state index contributed by atoms with van der Waals surface area (Å²) in [5.41, 5.74) is 1.99. The van der Waals surface area contributed by atoms with Gasteiger partial charge in [-0.15, -0.1) is 0 Å². The van der Waals surface area contributed by atoms with Crippen molar-refractivity contribution in [2.45, 2.75) is 26.8 Å². The van der Waals surface area contributed by atoms with Crippen molar-refractivity contribution in [3.8, 4) is 5.75 Å². The normalized spacial score (nSPS) is 10.8. The van der Waals surface area contributed by atoms with Crippen LogP contribution in [0.2, 0.25) is 0 Å². The number of rotatable bonds is 11. The van der Waals surface area contributed by atoms with Crippen LogP contribution < -0.4 is 10.1 Å². The molecule has 0 atom stereocenters. The average molecular weight is 298 g/mol. The van der Waals surface area contributed by atoms with Crippen LogP contribution >= 0.6 is 11.8 Å². The Balaban J connectivity index is 2.42. The minimum atomic E-state index is 0.705. The fourth-order valence-corrected chi connectivity index (χ4v) is 2.33. The van der Waals surface area contributed by atoms with Gasteiger partial charge in [0, 0.05) is 25.9 Å². The van der Waals surface area contributed by atoms with Gasteiger partial charge in [-0.05, 0) is 37.0 Å². The first-order valence-electron chi connectivity index (χ1n) is 7.14. The molecule has 0 bridgehead atoms. The minimum absolute atomic E-state index is 0.705. The molecule has 1 heterocycles. The predicted molar refractivity (Wildman–Crippen MR) is 85.7 cm³/mol. The summed E-state index contributed by atoms with van der Waals surface area (Å²) < 4.78 is 10.9. The maximum Gasteiger partial charge on any atom is 0.142 e. The number of aryl methyl sites for hydroxylation is 1. The number of pyridine rings is 1. The van der Waals surface area contributed by atoms with Crippen molar-refractivity contribution >= 4 is 11.8 Å². The molecule has 0 saturated heterocycles. The lowest BCUT2D eigenvalue weighted by Crippen LogP contribution is -2.20. The molecule has 20 heavy (non-hydrogen) atoms. The van der Waals surface area contributed by atoms with Crippen LogP contribution in [0.3, 0.4) is 0 Å². The number of hydrogen-bond acceptors (Lipinski definition) is 5. The highest BCUT2D eigenvalue weighted by Crippen LogP contribution is 2.17. The summed E-state index contributed by atoms with van der Waals surface area (Å²) in [7, 11) is 1.70. The van der Waals surface area contributed by atoms with E-state index in [4.69, 9.17) is 9.47 Å². The molecule has 0 spiro atoms. The highest BCUT2D eigenvalue weighted by Gasteiger charge is 2.05. The van der Waals surface area contributed by atoms with Gasteiger partial charge in [0.25, 0.3) is 0 Å². The molecule has 1 aromatic rings. The highest BCUT2D eigenvalue weighted by molar-refractivity contribution is 7.99. The van der Waals surface area contributed by atoms with Gasteiger partial charge in [-0.3, -0.25) is 4.98 Å². The van der Waals surface area contributed by atoms with Gasteiger partial charge in [-0.25, -0.2) is 0 Å². The molecule has 1 rings (SSSR count). The topological polar surface area (TPSA) is 43.4 Å². The van der Waals surface area contributed by atoms with Gasteiger partial charge in [-0.1, -0.05) is 6.92 Å². The third-order valence-electron chi connectivity index (χ3n) is 2.74. The van der Waals surface area contributed by atoms with Crippen LogP contribution in [0.15, 0.2) is 12.1 Å². The van der Waals surface area contributed by atoms with Crippen molar-refractivity contribution in [2.24, 2.45) is 0 Å². The molecule has 0 amide bonds. The van der Waals surface area contributed by atoms with Crippen LogP contribution in [0.4, 0.5) is 0 Å². The quantitative estimate of drug-likeness (QED) is 0.636. The second-order valence-corrected chi connectivity index (χ2v) is 5.86. The van der Waals surface area contributed by atoms with Crippen molar-refractivity contribution in [3.63, 3.8) is 0 Å². The third kappa shape index (κ3) is 7.12. The van der Waals surface area contributed by atoms with Crippen LogP contribution in [-0.2, 0) is 11.3 Å². The van der Waals surface area contributed by atoms with Gasteiger partial charge >= 0.3 is 0 Å². The number of nitrogens with zero attached hydrogens (tertiary/aromatic N) is 1. The van der Waals surface area contributed by atoms with Crippen molar-refractivity contribution in [2.75, 3.05) is 38.4 Å². The van der Waals surface area contributed by atoms with Gasteiger partial charge < -0.3 is 14.8 Å². The predicted octanol–water partition coefficient (Wildman–Crippen LogP) is 2.65. The Kier molecular flexibility index (Phi) is 9.45. The number of methoxy groups -OCH3 is 1. The summed E-state index contributed by atoms with van der Waals surface area (Å²) >= 11 is 1.95. The maximum atomic E-state index is 5.85. The Hall–Kier alpha value is -0.780. The third-order valence-corrected chi connectivity index (χ3v) is 3.73. The summed E-state index contributed by atoms with van der Waals surface area (Å²) in [6, 6.07) is 4.01. The van der Waals surface area contributed by atoms with Gasteiger partial charge in [0.15, 0.2) is 0 Å². The van der Waals surface area contributed by atoms with Crippen molar-refractivity contribution in [1.82, 2.24) is 10.3 Å². The van der Waals surface area contributed by atoms with Crippen molar-refractivity contribution < 1.29 is 9.47 Å². The maximum absolute atomic E-state index is 5.85. The van der Waals surface area contributed by atoms with E-state index >= 15 is 0 Å². The molecule has 0 aliphatic carbocycles. The van der Waals surface area contributed by atoms with Crippen molar-refractivity contribution in [1.29, 1.82) is 0 Å². The highest BCUT2D eigenvalue weighted by atomic mass is 32.2. The second kappa shape index (κ2) is 10.9. The van der Waals surface area contributed by atoms with E-state index in [1.807, 2.05) is 30.8 Å². The Morgan fingerprint density at radius 1 is 1.30 bits per heavy atom. The lowest BCUT2D eigenvalue weighted by atomic mass is 10.3. The molecule has 0 radical (unpaired) electrons. The molecule has 0 aliphatic heterocycles. The van der Waals surface area contributed by atoms with E-state index in [1.54, 1.807) is 7.11 Å². The number of nitrogens with one attached hydrogen (secondary N) is 1. The van der Waals surface area contributed by atoms with Gasteiger partial charge in [0.1, 0.15) is 5.75 Å². The Labute approximate surface area is 126 Å². The van der Waals surface area contributed by atoms with Crippen LogP contribution in [0.25, 0.3) is 0 Å². The van der Waals surface area contributed by atoms with Crippen molar-refractivity contribution in [3.05, 3.63) is 23.5 Å². The van der Waals surface area contributed by atoms with E-state index < -0.39 is 0 Å². The lowest BCUT2D eigenvalue weighted by molar-refractivity contribution is 0.199. The first kappa shape index (κ1) is 17.3. The molecule has 0 aliphatic rings. The second-order valence-electron chi connectivity index (χ2n) is 4.47. The molecular weight excluding hydrogens is 272 g/mol. The first-order valence-corrected chi connectivity index (χ1v) is 8.30. The molecule has 5 heteroatoms. The zero-order valence-electron chi connectivity index (χ0n) is 12.8. The van der Waals surface area contributed by atoms with E-state index in [0.717, 1.165) is 42.5 Å². The zero-order chi connectivity index (χ0) is 14.6. The molecule has 1 N–H and O–H groups in total. The summed E-state index contributed by atoms with van der Waals surface area (Å²) in [5, 5.41) is 3.31. The van der Waals surface area contributed by atoms with E-state index in [9.17, 15) is 0 Å². The van der Waals surface area contributed by atoms with Crippen LogP contribution in [0.5, 0.6) is 5.75 Å². The largest absolute Gasteiger partial charge is 0.492 e. The molecule has 0 saturated carbocycles. The number of aromatic nitrogens is 1. The number of thioether (sulfide) groups is 1. The van der Waals surface area contributed by atoms with E-state index in [-0.39, 0.29) is 0 Å². The SMILES string of the molecule is CCSCCCOc1ccc(C)nc1CNCCOC. The molecular formula is C15H26N2O2S. The average Bonchev–Trinajstić information content (AvgIpc) is 2.45. The Morgan fingerprint density at radius 2 is 2.15 bits per heavy atom. The van der Waals surface area contributed by atoms with Crippen LogP contribution in [-0.4, -0.2) is 43.4 Å². The number of ether oxygens (including phenoxy) is 2. The van der Waals surface area contributed by atoms with Crippen LogP contribution in [0.1, 0.15) is 24.7 Å². The Bertz CT molecular complexity index is 375. The molecule has 0 aromatic carbocycles. The monoisotopic (exact) mass is 298 g/mol.